The lowest BCUT2D eigenvalue weighted by Crippen LogP contribution is -2.35. The highest BCUT2D eigenvalue weighted by molar-refractivity contribution is 7.89. The summed E-state index contributed by atoms with van der Waals surface area (Å²) in [6.45, 7) is 6.06. The van der Waals surface area contributed by atoms with Gasteiger partial charge in [0.15, 0.2) is 0 Å². The van der Waals surface area contributed by atoms with Crippen molar-refractivity contribution in [2.24, 2.45) is 0 Å². The zero-order chi connectivity index (χ0) is 17.6. The Hall–Kier alpha value is -1.60. The molecule has 2 rings (SSSR count). The predicted octanol–water partition coefficient (Wildman–Crippen LogP) is 3.13. The average Bonchev–Trinajstić information content (AvgIpc) is 2.85. The standard InChI is InChI=1S/C17H27N3O3S/c1-3-20(4-2)24(22,23)16-11-9-15(10-12-16)18-17(21)19-13-7-5-6-8-14-19/h9-12H,3-8,13-14H2,1-2H3,(H,18,21). The van der Waals surface area contributed by atoms with Crippen LogP contribution in [-0.4, -0.2) is 49.8 Å². The first-order chi connectivity index (χ1) is 11.5. The van der Waals surface area contributed by atoms with Gasteiger partial charge in [-0.25, -0.2) is 13.2 Å². The molecule has 0 spiro atoms. The highest BCUT2D eigenvalue weighted by Crippen LogP contribution is 2.19. The molecule has 2 amide bonds. The maximum absolute atomic E-state index is 12.4. The molecule has 0 aliphatic carbocycles. The van der Waals surface area contributed by atoms with Gasteiger partial charge in [-0.15, -0.1) is 0 Å². The van der Waals surface area contributed by atoms with Crippen LogP contribution in [0.1, 0.15) is 39.5 Å². The second-order valence-electron chi connectivity index (χ2n) is 5.95. The maximum atomic E-state index is 12.4. The molecule has 0 unspecified atom stereocenters. The van der Waals surface area contributed by atoms with Crippen LogP contribution in [0.25, 0.3) is 0 Å². The first-order valence-electron chi connectivity index (χ1n) is 8.65. The number of urea groups is 1. The molecule has 7 heteroatoms. The van der Waals surface area contributed by atoms with Gasteiger partial charge in [0.2, 0.25) is 10.0 Å². The van der Waals surface area contributed by atoms with Gasteiger partial charge < -0.3 is 10.2 Å². The molecule has 1 N–H and O–H groups in total. The lowest BCUT2D eigenvalue weighted by atomic mass is 10.2. The molecule has 1 aromatic carbocycles. The first kappa shape index (κ1) is 18.7. The molecule has 0 saturated carbocycles. The largest absolute Gasteiger partial charge is 0.325 e. The molecular weight excluding hydrogens is 326 g/mol. The second kappa shape index (κ2) is 8.48. The minimum Gasteiger partial charge on any atom is -0.325 e. The van der Waals surface area contributed by atoms with E-state index in [1.807, 2.05) is 18.7 Å². The van der Waals surface area contributed by atoms with E-state index in [2.05, 4.69) is 5.32 Å². The number of hydrogen-bond acceptors (Lipinski definition) is 3. The van der Waals surface area contributed by atoms with Crippen LogP contribution >= 0.6 is 0 Å². The summed E-state index contributed by atoms with van der Waals surface area (Å²) in [6, 6.07) is 6.27. The van der Waals surface area contributed by atoms with Gasteiger partial charge in [0.1, 0.15) is 0 Å². The molecule has 1 heterocycles. The number of rotatable bonds is 5. The third-order valence-electron chi connectivity index (χ3n) is 4.34. The minimum absolute atomic E-state index is 0.115. The molecular formula is C17H27N3O3S. The summed E-state index contributed by atoms with van der Waals surface area (Å²) in [5.74, 6) is 0. The Kier molecular flexibility index (Phi) is 6.62. The Morgan fingerprint density at radius 2 is 1.58 bits per heavy atom. The van der Waals surface area contributed by atoms with Crippen LogP contribution in [-0.2, 0) is 10.0 Å². The van der Waals surface area contributed by atoms with Crippen molar-refractivity contribution in [3.63, 3.8) is 0 Å². The van der Waals surface area contributed by atoms with Gasteiger partial charge in [-0.05, 0) is 37.1 Å². The predicted molar refractivity (Wildman–Crippen MR) is 95.6 cm³/mol. The maximum Gasteiger partial charge on any atom is 0.321 e. The van der Waals surface area contributed by atoms with Crippen molar-refractivity contribution >= 4 is 21.7 Å². The molecule has 1 aliphatic rings. The van der Waals surface area contributed by atoms with Crippen molar-refractivity contribution in [2.75, 3.05) is 31.5 Å². The van der Waals surface area contributed by atoms with Gasteiger partial charge in [-0.1, -0.05) is 26.7 Å². The molecule has 1 aliphatic heterocycles. The first-order valence-corrected chi connectivity index (χ1v) is 10.1. The van der Waals surface area contributed by atoms with E-state index in [-0.39, 0.29) is 10.9 Å². The smallest absolute Gasteiger partial charge is 0.321 e. The summed E-state index contributed by atoms with van der Waals surface area (Å²) >= 11 is 0. The van der Waals surface area contributed by atoms with E-state index in [9.17, 15) is 13.2 Å². The van der Waals surface area contributed by atoms with Gasteiger partial charge >= 0.3 is 6.03 Å². The summed E-state index contributed by atoms with van der Waals surface area (Å²) in [4.78, 5) is 14.4. The van der Waals surface area contributed by atoms with E-state index >= 15 is 0 Å². The molecule has 0 radical (unpaired) electrons. The summed E-state index contributed by atoms with van der Waals surface area (Å²) in [7, 11) is -3.46. The molecule has 1 aromatic rings. The number of hydrogen-bond donors (Lipinski definition) is 1. The summed E-state index contributed by atoms with van der Waals surface area (Å²) in [5.41, 5.74) is 0.614. The van der Waals surface area contributed by atoms with Crippen LogP contribution in [0.15, 0.2) is 29.2 Å². The van der Waals surface area contributed by atoms with Crippen LogP contribution in [0.2, 0.25) is 0 Å². The number of anilines is 1. The fourth-order valence-corrected chi connectivity index (χ4v) is 4.36. The van der Waals surface area contributed by atoms with Crippen LogP contribution in [0.3, 0.4) is 0 Å². The zero-order valence-corrected chi connectivity index (χ0v) is 15.3. The lowest BCUT2D eigenvalue weighted by molar-refractivity contribution is 0.214. The van der Waals surface area contributed by atoms with Crippen LogP contribution < -0.4 is 5.32 Å². The highest BCUT2D eigenvalue weighted by Gasteiger charge is 2.21. The zero-order valence-electron chi connectivity index (χ0n) is 14.5. The highest BCUT2D eigenvalue weighted by atomic mass is 32.2. The second-order valence-corrected chi connectivity index (χ2v) is 7.88. The molecule has 6 nitrogen and oxygen atoms in total. The monoisotopic (exact) mass is 353 g/mol. The Balaban J connectivity index is 2.05. The normalized spacial score (nSPS) is 16.0. The van der Waals surface area contributed by atoms with Crippen LogP contribution in [0.4, 0.5) is 10.5 Å². The van der Waals surface area contributed by atoms with Crippen molar-refractivity contribution in [3.8, 4) is 0 Å². The topological polar surface area (TPSA) is 69.7 Å². The number of carbonyl (C=O) groups excluding carboxylic acids is 1. The Morgan fingerprint density at radius 3 is 2.08 bits per heavy atom. The van der Waals surface area contributed by atoms with Gasteiger partial charge in [-0.2, -0.15) is 4.31 Å². The molecule has 1 saturated heterocycles. The molecule has 134 valence electrons. The Bertz CT molecular complexity index is 632. The van der Waals surface area contributed by atoms with E-state index in [0.29, 0.717) is 18.8 Å². The minimum atomic E-state index is -3.46. The van der Waals surface area contributed by atoms with E-state index in [0.717, 1.165) is 25.9 Å². The number of amides is 2. The van der Waals surface area contributed by atoms with Gasteiger partial charge in [0.05, 0.1) is 4.90 Å². The number of nitrogens with zero attached hydrogens (tertiary/aromatic N) is 2. The number of nitrogens with one attached hydrogen (secondary N) is 1. The van der Waals surface area contributed by atoms with Crippen molar-refractivity contribution in [1.82, 2.24) is 9.21 Å². The van der Waals surface area contributed by atoms with Gasteiger partial charge in [0, 0.05) is 31.9 Å². The molecule has 24 heavy (non-hydrogen) atoms. The van der Waals surface area contributed by atoms with E-state index in [4.69, 9.17) is 0 Å². The van der Waals surface area contributed by atoms with E-state index in [1.54, 1.807) is 24.3 Å². The van der Waals surface area contributed by atoms with Crippen molar-refractivity contribution in [3.05, 3.63) is 24.3 Å². The summed E-state index contributed by atoms with van der Waals surface area (Å²) < 4.78 is 26.3. The van der Waals surface area contributed by atoms with Gasteiger partial charge in [0.25, 0.3) is 0 Å². The molecule has 0 bridgehead atoms. The third kappa shape index (κ3) is 4.48. The number of benzene rings is 1. The fourth-order valence-electron chi connectivity index (χ4n) is 2.90. The number of carbonyl (C=O) groups is 1. The summed E-state index contributed by atoms with van der Waals surface area (Å²) in [5, 5.41) is 2.85. The average molecular weight is 353 g/mol. The molecule has 0 atom stereocenters. The molecule has 1 fully saturated rings. The lowest BCUT2D eigenvalue weighted by Gasteiger charge is -2.21. The van der Waals surface area contributed by atoms with E-state index in [1.165, 1.54) is 17.1 Å². The van der Waals surface area contributed by atoms with Gasteiger partial charge in [-0.3, -0.25) is 0 Å². The van der Waals surface area contributed by atoms with Crippen LogP contribution in [0.5, 0.6) is 0 Å². The Labute approximate surface area is 144 Å². The number of likely N-dealkylation sites (tertiary alicyclic amines) is 1. The quantitative estimate of drug-likeness (QED) is 0.884. The molecule has 0 aromatic heterocycles. The fraction of sp³-hybridized carbons (Fsp3) is 0.588. The van der Waals surface area contributed by atoms with E-state index < -0.39 is 10.0 Å². The van der Waals surface area contributed by atoms with Crippen molar-refractivity contribution in [2.45, 2.75) is 44.4 Å². The van der Waals surface area contributed by atoms with Crippen LogP contribution in [0, 0.1) is 0 Å². The Morgan fingerprint density at radius 1 is 1.04 bits per heavy atom. The van der Waals surface area contributed by atoms with Crippen molar-refractivity contribution < 1.29 is 13.2 Å². The SMILES string of the molecule is CCN(CC)S(=O)(=O)c1ccc(NC(=O)N2CCCCCC2)cc1. The third-order valence-corrected chi connectivity index (χ3v) is 6.41. The summed E-state index contributed by atoms with van der Waals surface area (Å²) in [6.07, 6.45) is 4.41. The number of sulfonamides is 1. The van der Waals surface area contributed by atoms with Crippen molar-refractivity contribution in [1.29, 1.82) is 0 Å².